The van der Waals surface area contributed by atoms with Crippen LogP contribution < -0.4 is 4.57 Å². The molecule has 3 aromatic heterocycles. The van der Waals surface area contributed by atoms with Gasteiger partial charge in [-0.05, 0) is 85.1 Å². The van der Waals surface area contributed by atoms with Gasteiger partial charge in [0.25, 0.3) is 0 Å². The van der Waals surface area contributed by atoms with Gasteiger partial charge in [0.15, 0.2) is 6.20 Å². The molecule has 8 rings (SSSR count). The van der Waals surface area contributed by atoms with E-state index in [9.17, 15) is 0 Å². The molecule has 3 heterocycles. The fourth-order valence-electron chi connectivity index (χ4n) is 7.83. The zero-order chi connectivity index (χ0) is 22.0. The van der Waals surface area contributed by atoms with Gasteiger partial charge in [-0.25, -0.2) is 4.57 Å². The lowest BCUT2D eigenvalue weighted by Crippen LogP contribution is -2.29. The summed E-state index contributed by atoms with van der Waals surface area (Å²) in [5, 5.41) is 7.00. The molecule has 162 valence electrons. The van der Waals surface area contributed by atoms with Gasteiger partial charge < -0.3 is 4.40 Å². The standard InChI is InChI=1S/C31H29N2/c1-17-5-4-6-25-27(17)23-10-7-18(2)28-30(23)33(25)26-16-22(24-14-19-8-9-20(24)13-19)15-21-11-12-32(3)31(28)29(21)26/h4-7,10-12,15-16,19-20,24H,8-9,13-14H2,1-3H3/q+1. The first-order chi connectivity index (χ1) is 16.1. The Morgan fingerprint density at radius 3 is 2.55 bits per heavy atom. The summed E-state index contributed by atoms with van der Waals surface area (Å²) in [5.74, 6) is 2.59. The first-order valence-electron chi connectivity index (χ1n) is 12.6. The van der Waals surface area contributed by atoms with Gasteiger partial charge in [0.05, 0.1) is 27.3 Å². The van der Waals surface area contributed by atoms with Crippen molar-refractivity contribution in [2.45, 2.75) is 45.4 Å². The van der Waals surface area contributed by atoms with Crippen molar-refractivity contribution in [1.29, 1.82) is 0 Å². The minimum absolute atomic E-state index is 0.736. The van der Waals surface area contributed by atoms with Crippen molar-refractivity contribution in [2.75, 3.05) is 0 Å². The molecule has 3 atom stereocenters. The van der Waals surface area contributed by atoms with Crippen LogP contribution in [0.2, 0.25) is 0 Å². The van der Waals surface area contributed by atoms with E-state index in [0.29, 0.717) is 0 Å². The molecule has 0 amide bonds. The molecule has 2 aliphatic carbocycles. The third-order valence-electron chi connectivity index (χ3n) is 9.25. The fraction of sp³-hybridized carbons (Fsp3) is 0.323. The van der Waals surface area contributed by atoms with E-state index in [1.54, 1.807) is 5.56 Å². The molecule has 0 saturated heterocycles. The van der Waals surface area contributed by atoms with Crippen molar-refractivity contribution in [3.63, 3.8) is 0 Å². The Morgan fingerprint density at radius 1 is 0.848 bits per heavy atom. The SMILES string of the molecule is Cc1cccc2c1c1ccc(C)c3c1n2c1cc(C2CC4CCC2C4)cc2cc[n+](C)c3c21. The summed E-state index contributed by atoms with van der Waals surface area (Å²) in [6, 6.07) is 18.9. The second-order valence-corrected chi connectivity index (χ2v) is 11.0. The maximum absolute atomic E-state index is 2.60. The molecule has 0 aliphatic heterocycles. The van der Waals surface area contributed by atoms with E-state index >= 15 is 0 Å². The molecule has 33 heavy (non-hydrogen) atoms. The Morgan fingerprint density at radius 2 is 1.73 bits per heavy atom. The molecule has 2 nitrogen and oxygen atoms in total. The number of hydrogen-bond donors (Lipinski definition) is 0. The van der Waals surface area contributed by atoms with Crippen molar-refractivity contribution in [3.8, 4) is 0 Å². The summed E-state index contributed by atoms with van der Waals surface area (Å²) in [6.07, 6.45) is 7.99. The average molecular weight is 430 g/mol. The zero-order valence-electron chi connectivity index (χ0n) is 19.7. The number of rotatable bonds is 1. The Labute approximate surface area is 193 Å². The highest BCUT2D eigenvalue weighted by molar-refractivity contribution is 6.26. The molecular formula is C31H29N2+. The highest BCUT2D eigenvalue weighted by Gasteiger charge is 2.40. The maximum atomic E-state index is 2.60. The quantitative estimate of drug-likeness (QED) is 0.147. The highest BCUT2D eigenvalue weighted by Crippen LogP contribution is 2.53. The van der Waals surface area contributed by atoms with Crippen molar-refractivity contribution in [3.05, 3.63) is 71.4 Å². The van der Waals surface area contributed by atoms with Crippen LogP contribution >= 0.6 is 0 Å². The van der Waals surface area contributed by atoms with Crippen LogP contribution in [0.3, 0.4) is 0 Å². The maximum Gasteiger partial charge on any atom is 0.224 e. The van der Waals surface area contributed by atoms with Crippen molar-refractivity contribution in [2.24, 2.45) is 18.9 Å². The second kappa shape index (κ2) is 6.05. The first kappa shape index (κ1) is 18.3. The van der Waals surface area contributed by atoms with Crippen LogP contribution in [0.1, 0.15) is 48.3 Å². The predicted octanol–water partition coefficient (Wildman–Crippen LogP) is 7.33. The van der Waals surface area contributed by atoms with Crippen molar-refractivity contribution < 1.29 is 4.57 Å². The Hall–Kier alpha value is -3.13. The molecule has 2 aliphatic rings. The number of hydrogen-bond acceptors (Lipinski definition) is 0. The Bertz CT molecular complexity index is 1770. The third kappa shape index (κ3) is 2.18. The smallest absolute Gasteiger partial charge is 0.224 e. The summed E-state index contributed by atoms with van der Waals surface area (Å²) >= 11 is 0. The van der Waals surface area contributed by atoms with Crippen LogP contribution in [0, 0.1) is 25.7 Å². The van der Waals surface area contributed by atoms with Gasteiger partial charge in [0.2, 0.25) is 5.52 Å². The molecule has 0 spiro atoms. The summed E-state index contributed by atoms with van der Waals surface area (Å²) in [6.45, 7) is 4.54. The van der Waals surface area contributed by atoms with Crippen LogP contribution in [-0.4, -0.2) is 4.40 Å². The van der Waals surface area contributed by atoms with E-state index in [-0.39, 0.29) is 0 Å². The monoisotopic (exact) mass is 429 g/mol. The third-order valence-corrected chi connectivity index (χ3v) is 9.25. The van der Waals surface area contributed by atoms with Crippen molar-refractivity contribution >= 4 is 49.0 Å². The van der Waals surface area contributed by atoms with Crippen LogP contribution in [-0.2, 0) is 7.05 Å². The number of aromatic nitrogens is 2. The predicted molar refractivity (Wildman–Crippen MR) is 137 cm³/mol. The number of aryl methyl sites for hydroxylation is 3. The minimum atomic E-state index is 0.736. The molecular weight excluding hydrogens is 400 g/mol. The summed E-state index contributed by atoms with van der Waals surface area (Å²) in [7, 11) is 2.21. The van der Waals surface area contributed by atoms with E-state index in [0.717, 1.165) is 17.8 Å². The van der Waals surface area contributed by atoms with E-state index in [1.807, 2.05) is 0 Å². The highest BCUT2D eigenvalue weighted by atomic mass is 15.0. The minimum Gasteiger partial charge on any atom is -0.307 e. The number of fused-ring (bicyclic) bond motifs is 7. The molecule has 3 aromatic carbocycles. The van der Waals surface area contributed by atoms with Crippen LogP contribution in [0.25, 0.3) is 49.0 Å². The lowest BCUT2D eigenvalue weighted by Gasteiger charge is -2.23. The number of benzene rings is 3. The Balaban J connectivity index is 1.65. The number of nitrogens with zero attached hydrogens (tertiary/aromatic N) is 2. The van der Waals surface area contributed by atoms with Gasteiger partial charge in [-0.3, -0.25) is 0 Å². The van der Waals surface area contributed by atoms with Crippen LogP contribution in [0.5, 0.6) is 0 Å². The summed E-state index contributed by atoms with van der Waals surface area (Å²) in [4.78, 5) is 0. The molecule has 2 saturated carbocycles. The molecule has 2 bridgehead atoms. The van der Waals surface area contributed by atoms with Gasteiger partial charge >= 0.3 is 0 Å². The molecule has 2 heteroatoms. The fourth-order valence-corrected chi connectivity index (χ4v) is 7.83. The largest absolute Gasteiger partial charge is 0.307 e. The number of pyridine rings is 2. The zero-order valence-corrected chi connectivity index (χ0v) is 19.7. The molecule has 3 unspecified atom stereocenters. The van der Waals surface area contributed by atoms with E-state index in [1.165, 1.54) is 85.8 Å². The van der Waals surface area contributed by atoms with Gasteiger partial charge in [0, 0.05) is 16.8 Å². The molecule has 6 aromatic rings. The van der Waals surface area contributed by atoms with Gasteiger partial charge in [0.1, 0.15) is 7.05 Å². The molecule has 0 N–H and O–H groups in total. The normalized spacial score (nSPS) is 22.8. The van der Waals surface area contributed by atoms with E-state index in [4.69, 9.17) is 0 Å². The molecule has 0 radical (unpaired) electrons. The lowest BCUT2D eigenvalue weighted by atomic mass is 9.82. The van der Waals surface area contributed by atoms with Crippen LogP contribution in [0.4, 0.5) is 0 Å². The van der Waals surface area contributed by atoms with Gasteiger partial charge in [-0.15, -0.1) is 0 Å². The second-order valence-electron chi connectivity index (χ2n) is 11.0. The topological polar surface area (TPSA) is 8.29 Å². The lowest BCUT2D eigenvalue weighted by molar-refractivity contribution is -0.643. The van der Waals surface area contributed by atoms with Crippen molar-refractivity contribution in [1.82, 2.24) is 4.40 Å². The van der Waals surface area contributed by atoms with Crippen LogP contribution in [0.15, 0.2) is 54.7 Å². The van der Waals surface area contributed by atoms with E-state index < -0.39 is 0 Å². The van der Waals surface area contributed by atoms with Gasteiger partial charge in [-0.2, -0.15) is 0 Å². The Kier molecular flexibility index (Phi) is 3.36. The summed E-state index contributed by atoms with van der Waals surface area (Å²) in [5.41, 5.74) is 9.79. The molecule has 2 fully saturated rings. The van der Waals surface area contributed by atoms with Gasteiger partial charge in [-0.1, -0.05) is 36.8 Å². The first-order valence-corrected chi connectivity index (χ1v) is 12.6. The van der Waals surface area contributed by atoms with E-state index in [2.05, 4.69) is 84.6 Å². The summed E-state index contributed by atoms with van der Waals surface area (Å²) < 4.78 is 4.95. The average Bonchev–Trinajstić information content (AvgIpc) is 3.53.